The molecule has 4 aromatic rings. The lowest BCUT2D eigenvalue weighted by molar-refractivity contribution is 0.174. The fraction of sp³-hybridized carbons (Fsp3) is 0.143. The number of methoxy groups -OCH3 is 2. The molecule has 1 aliphatic heterocycles. The largest absolute Gasteiger partial charge is 0.493 e. The molecular weight excluding hydrogens is 358 g/mol. The molecule has 0 saturated carbocycles. The first-order chi connectivity index (χ1) is 13.8. The topological polar surface area (TPSA) is 67.1 Å². The second kappa shape index (κ2) is 6.45. The van der Waals surface area contributed by atoms with E-state index in [-0.39, 0.29) is 6.79 Å². The van der Waals surface area contributed by atoms with Gasteiger partial charge in [0.1, 0.15) is 0 Å². The monoisotopic (exact) mass is 375 g/mol. The van der Waals surface area contributed by atoms with E-state index in [2.05, 4.69) is 4.98 Å². The lowest BCUT2D eigenvalue weighted by atomic mass is 10.1. The van der Waals surface area contributed by atoms with Gasteiger partial charge in [-0.1, -0.05) is 0 Å². The molecule has 28 heavy (non-hydrogen) atoms. The van der Waals surface area contributed by atoms with Crippen molar-refractivity contribution in [2.24, 2.45) is 0 Å². The molecule has 0 N–H and O–H groups in total. The van der Waals surface area contributed by atoms with Crippen LogP contribution in [0, 0.1) is 0 Å². The van der Waals surface area contributed by atoms with Gasteiger partial charge in [-0.15, -0.1) is 0 Å². The van der Waals surface area contributed by atoms with Crippen LogP contribution in [-0.2, 0) is 0 Å². The number of aromatic nitrogens is 3. The van der Waals surface area contributed by atoms with Crippen LogP contribution in [0.25, 0.3) is 28.2 Å². The maximum Gasteiger partial charge on any atom is 0.231 e. The predicted octanol–water partition coefficient (Wildman–Crippen LogP) is 3.81. The van der Waals surface area contributed by atoms with Crippen LogP contribution in [0.15, 0.2) is 54.7 Å². The zero-order chi connectivity index (χ0) is 19.1. The van der Waals surface area contributed by atoms with Crippen LogP contribution in [0.1, 0.15) is 0 Å². The van der Waals surface area contributed by atoms with E-state index in [0.29, 0.717) is 11.5 Å². The number of fused-ring (bicyclic) bond motifs is 2. The SMILES string of the molecule is COc1ccc(-c2ccc3ncc(-c4ccc5c(c4)OCO5)n3n2)cc1OC. The summed E-state index contributed by atoms with van der Waals surface area (Å²) in [5, 5.41) is 4.79. The first kappa shape index (κ1) is 16.4. The van der Waals surface area contributed by atoms with E-state index in [0.717, 1.165) is 39.7 Å². The highest BCUT2D eigenvalue weighted by atomic mass is 16.7. The Morgan fingerprint density at radius 1 is 0.857 bits per heavy atom. The molecule has 0 spiro atoms. The molecular formula is C21H17N3O4. The lowest BCUT2D eigenvalue weighted by Gasteiger charge is -2.10. The minimum absolute atomic E-state index is 0.244. The highest BCUT2D eigenvalue weighted by Gasteiger charge is 2.16. The Morgan fingerprint density at radius 3 is 2.54 bits per heavy atom. The normalized spacial score (nSPS) is 12.4. The number of imidazole rings is 1. The van der Waals surface area contributed by atoms with E-state index in [1.165, 1.54) is 0 Å². The number of ether oxygens (including phenoxy) is 4. The van der Waals surface area contributed by atoms with E-state index < -0.39 is 0 Å². The summed E-state index contributed by atoms with van der Waals surface area (Å²) in [5.74, 6) is 2.81. The van der Waals surface area contributed by atoms with Crippen molar-refractivity contribution in [2.45, 2.75) is 0 Å². The van der Waals surface area contributed by atoms with Crippen LogP contribution in [-0.4, -0.2) is 35.6 Å². The van der Waals surface area contributed by atoms with E-state index in [1.807, 2.05) is 53.0 Å². The van der Waals surface area contributed by atoms with Gasteiger partial charge in [0, 0.05) is 11.1 Å². The number of rotatable bonds is 4. The van der Waals surface area contributed by atoms with E-state index in [1.54, 1.807) is 20.4 Å². The van der Waals surface area contributed by atoms with Crippen LogP contribution >= 0.6 is 0 Å². The zero-order valence-electron chi connectivity index (χ0n) is 15.4. The van der Waals surface area contributed by atoms with E-state index in [4.69, 9.17) is 24.0 Å². The van der Waals surface area contributed by atoms with Crippen molar-refractivity contribution in [1.82, 2.24) is 14.6 Å². The molecule has 0 aliphatic carbocycles. The van der Waals surface area contributed by atoms with Crippen molar-refractivity contribution in [2.75, 3.05) is 21.0 Å². The van der Waals surface area contributed by atoms with Crippen molar-refractivity contribution in [1.29, 1.82) is 0 Å². The van der Waals surface area contributed by atoms with Gasteiger partial charge < -0.3 is 18.9 Å². The molecule has 7 heteroatoms. The molecule has 2 aromatic heterocycles. The number of nitrogens with zero attached hydrogens (tertiary/aromatic N) is 3. The van der Waals surface area contributed by atoms with Crippen LogP contribution in [0.2, 0.25) is 0 Å². The third-order valence-electron chi connectivity index (χ3n) is 4.71. The standard InChI is InChI=1S/C21H17N3O4/c1-25-17-6-3-13(9-19(17)26-2)15-5-8-21-22-11-16(24(21)23-15)14-4-7-18-20(10-14)28-12-27-18/h3-11H,12H2,1-2H3. The number of hydrogen-bond donors (Lipinski definition) is 0. The smallest absolute Gasteiger partial charge is 0.231 e. The van der Waals surface area contributed by atoms with Gasteiger partial charge in [-0.2, -0.15) is 5.10 Å². The Hall–Kier alpha value is -3.74. The second-order valence-corrected chi connectivity index (χ2v) is 6.27. The molecule has 2 aromatic carbocycles. The van der Waals surface area contributed by atoms with Crippen molar-refractivity contribution in [3.8, 4) is 45.5 Å². The van der Waals surface area contributed by atoms with Crippen LogP contribution in [0.5, 0.6) is 23.0 Å². The number of benzene rings is 2. The summed E-state index contributed by atoms with van der Waals surface area (Å²) in [6, 6.07) is 15.4. The summed E-state index contributed by atoms with van der Waals surface area (Å²) in [7, 11) is 3.23. The van der Waals surface area contributed by atoms with Gasteiger partial charge >= 0.3 is 0 Å². The Kier molecular flexibility index (Phi) is 3.79. The minimum atomic E-state index is 0.244. The van der Waals surface area contributed by atoms with Gasteiger partial charge in [0.2, 0.25) is 6.79 Å². The summed E-state index contributed by atoms with van der Waals surface area (Å²) in [4.78, 5) is 4.47. The summed E-state index contributed by atoms with van der Waals surface area (Å²) in [6.07, 6.45) is 1.80. The fourth-order valence-electron chi connectivity index (χ4n) is 3.28. The first-order valence-corrected chi connectivity index (χ1v) is 8.74. The van der Waals surface area contributed by atoms with Crippen molar-refractivity contribution >= 4 is 5.65 Å². The molecule has 3 heterocycles. The predicted molar refractivity (Wildman–Crippen MR) is 103 cm³/mol. The summed E-state index contributed by atoms with van der Waals surface area (Å²) in [6.45, 7) is 0.244. The van der Waals surface area contributed by atoms with Crippen molar-refractivity contribution in [3.63, 3.8) is 0 Å². The fourth-order valence-corrected chi connectivity index (χ4v) is 3.28. The third kappa shape index (κ3) is 2.60. The van der Waals surface area contributed by atoms with Gasteiger partial charge in [0.25, 0.3) is 0 Å². The van der Waals surface area contributed by atoms with Gasteiger partial charge in [-0.05, 0) is 48.5 Å². The molecule has 0 atom stereocenters. The Labute approximate surface area is 161 Å². The molecule has 140 valence electrons. The molecule has 0 radical (unpaired) electrons. The Morgan fingerprint density at radius 2 is 1.68 bits per heavy atom. The minimum Gasteiger partial charge on any atom is -0.493 e. The molecule has 1 aliphatic rings. The maximum atomic E-state index is 5.49. The summed E-state index contributed by atoms with van der Waals surface area (Å²) < 4.78 is 23.4. The van der Waals surface area contributed by atoms with Crippen LogP contribution in [0.3, 0.4) is 0 Å². The highest BCUT2D eigenvalue weighted by Crippen LogP contribution is 2.36. The summed E-state index contributed by atoms with van der Waals surface area (Å²) >= 11 is 0. The summed E-state index contributed by atoms with van der Waals surface area (Å²) in [5.41, 5.74) is 4.31. The molecule has 0 amide bonds. The molecule has 5 rings (SSSR count). The van der Waals surface area contributed by atoms with E-state index >= 15 is 0 Å². The van der Waals surface area contributed by atoms with Gasteiger partial charge in [-0.25, -0.2) is 9.50 Å². The van der Waals surface area contributed by atoms with Gasteiger partial charge in [0.15, 0.2) is 28.6 Å². The average Bonchev–Trinajstić information content (AvgIpc) is 3.38. The molecule has 0 bridgehead atoms. The van der Waals surface area contributed by atoms with E-state index in [9.17, 15) is 0 Å². The Bertz CT molecular complexity index is 1190. The maximum absolute atomic E-state index is 5.49. The molecule has 0 fully saturated rings. The van der Waals surface area contributed by atoms with Crippen LogP contribution in [0.4, 0.5) is 0 Å². The quantitative estimate of drug-likeness (QED) is 0.540. The average molecular weight is 375 g/mol. The first-order valence-electron chi connectivity index (χ1n) is 8.74. The van der Waals surface area contributed by atoms with Gasteiger partial charge in [0.05, 0.1) is 31.8 Å². The molecule has 0 saturated heterocycles. The molecule has 0 unspecified atom stereocenters. The molecule has 7 nitrogen and oxygen atoms in total. The Balaban J connectivity index is 1.61. The van der Waals surface area contributed by atoms with Crippen molar-refractivity contribution in [3.05, 3.63) is 54.7 Å². The van der Waals surface area contributed by atoms with Crippen molar-refractivity contribution < 1.29 is 18.9 Å². The second-order valence-electron chi connectivity index (χ2n) is 6.27. The highest BCUT2D eigenvalue weighted by molar-refractivity contribution is 5.69. The third-order valence-corrected chi connectivity index (χ3v) is 4.71. The van der Waals surface area contributed by atoms with Gasteiger partial charge in [-0.3, -0.25) is 0 Å². The van der Waals surface area contributed by atoms with Crippen LogP contribution < -0.4 is 18.9 Å². The lowest BCUT2D eigenvalue weighted by Crippen LogP contribution is -1.97. The zero-order valence-corrected chi connectivity index (χ0v) is 15.4. The number of hydrogen-bond acceptors (Lipinski definition) is 6.